The van der Waals surface area contributed by atoms with Crippen molar-refractivity contribution >= 4 is 5.96 Å². The molecule has 0 saturated carbocycles. The maximum atomic E-state index is 12.1. The van der Waals surface area contributed by atoms with E-state index in [1.807, 2.05) is 25.1 Å². The number of halogens is 3. The third-order valence-corrected chi connectivity index (χ3v) is 4.76. The van der Waals surface area contributed by atoms with Gasteiger partial charge in [0.05, 0.1) is 14.2 Å². The van der Waals surface area contributed by atoms with Crippen LogP contribution in [0.3, 0.4) is 0 Å². The van der Waals surface area contributed by atoms with E-state index in [9.17, 15) is 13.2 Å². The molecule has 0 amide bonds. The highest BCUT2D eigenvalue weighted by molar-refractivity contribution is 5.80. The van der Waals surface area contributed by atoms with Gasteiger partial charge in [-0.3, -0.25) is 9.89 Å². The number of likely N-dealkylation sites (tertiary alicyclic amines) is 1. The molecule has 7 nitrogen and oxygen atoms in total. The van der Waals surface area contributed by atoms with Gasteiger partial charge < -0.3 is 24.8 Å². The van der Waals surface area contributed by atoms with Gasteiger partial charge in [-0.15, -0.1) is 0 Å². The summed E-state index contributed by atoms with van der Waals surface area (Å²) < 4.78 is 51.5. The average molecular weight is 447 g/mol. The molecule has 1 aromatic carbocycles. The van der Waals surface area contributed by atoms with E-state index in [-0.39, 0.29) is 12.6 Å². The third kappa shape index (κ3) is 9.65. The van der Waals surface area contributed by atoms with Crippen LogP contribution in [0.1, 0.15) is 25.3 Å². The van der Waals surface area contributed by atoms with E-state index in [2.05, 4.69) is 25.3 Å². The SMILES string of the molecule is CCNC(=NCCCOCC(F)(F)F)NC1CCN(Cc2cc(OC)cc(OC)c2)C1. The van der Waals surface area contributed by atoms with Crippen molar-refractivity contribution in [3.63, 3.8) is 0 Å². The molecule has 0 bridgehead atoms. The molecular formula is C21H33F3N4O3. The quantitative estimate of drug-likeness (QED) is 0.310. The molecule has 2 N–H and O–H groups in total. The number of aliphatic imine (C=N–C) groups is 1. The topological polar surface area (TPSA) is 67.4 Å². The lowest BCUT2D eigenvalue weighted by atomic mass is 10.2. The van der Waals surface area contributed by atoms with Crippen LogP contribution >= 0.6 is 0 Å². The molecule has 1 aliphatic heterocycles. The maximum absolute atomic E-state index is 12.1. The van der Waals surface area contributed by atoms with Crippen molar-refractivity contribution in [1.29, 1.82) is 0 Å². The highest BCUT2D eigenvalue weighted by atomic mass is 19.4. The summed E-state index contributed by atoms with van der Waals surface area (Å²) in [5.41, 5.74) is 1.12. The summed E-state index contributed by atoms with van der Waals surface area (Å²) in [4.78, 5) is 6.79. The Kier molecular flexibility index (Phi) is 10.2. The number of nitrogens with zero attached hydrogens (tertiary/aromatic N) is 2. The minimum Gasteiger partial charge on any atom is -0.497 e. The predicted molar refractivity (Wildman–Crippen MR) is 114 cm³/mol. The highest BCUT2D eigenvalue weighted by Gasteiger charge is 2.27. The molecule has 0 aromatic heterocycles. The standard InChI is InChI=1S/C21H33F3N4O3/c1-4-25-20(26-7-5-9-31-15-21(22,23)24)27-17-6-8-28(14-17)13-16-10-18(29-2)12-19(11-16)30-3/h10-12,17H,4-9,13-15H2,1-3H3,(H2,25,26,27). The van der Waals surface area contributed by atoms with Crippen LogP contribution in [0.25, 0.3) is 0 Å². The summed E-state index contributed by atoms with van der Waals surface area (Å²) in [6.07, 6.45) is -2.88. The summed E-state index contributed by atoms with van der Waals surface area (Å²) in [6, 6.07) is 6.11. The fraction of sp³-hybridized carbons (Fsp3) is 0.667. The molecule has 0 aliphatic carbocycles. The van der Waals surface area contributed by atoms with Crippen molar-refractivity contribution < 1.29 is 27.4 Å². The zero-order chi connectivity index (χ0) is 22.7. The van der Waals surface area contributed by atoms with Gasteiger partial charge in [0.2, 0.25) is 0 Å². The zero-order valence-corrected chi connectivity index (χ0v) is 18.4. The van der Waals surface area contributed by atoms with Crippen LogP contribution in [-0.4, -0.2) is 76.7 Å². The maximum Gasteiger partial charge on any atom is 0.411 e. The number of guanidine groups is 1. The van der Waals surface area contributed by atoms with Gasteiger partial charge in [-0.25, -0.2) is 0 Å². The number of rotatable bonds is 11. The molecule has 1 fully saturated rings. The van der Waals surface area contributed by atoms with Gasteiger partial charge >= 0.3 is 6.18 Å². The van der Waals surface area contributed by atoms with Crippen LogP contribution in [0, 0.1) is 0 Å². The van der Waals surface area contributed by atoms with Gasteiger partial charge in [0.1, 0.15) is 18.1 Å². The smallest absolute Gasteiger partial charge is 0.411 e. The van der Waals surface area contributed by atoms with E-state index in [0.717, 1.165) is 43.1 Å². The molecular weight excluding hydrogens is 413 g/mol. The monoisotopic (exact) mass is 446 g/mol. The molecule has 1 heterocycles. The predicted octanol–water partition coefficient (Wildman–Crippen LogP) is 2.80. The molecule has 0 radical (unpaired) electrons. The Bertz CT molecular complexity index is 679. The molecule has 0 spiro atoms. The number of ether oxygens (including phenoxy) is 3. The molecule has 2 rings (SSSR count). The summed E-state index contributed by atoms with van der Waals surface area (Å²) >= 11 is 0. The second-order valence-corrected chi connectivity index (χ2v) is 7.37. The Morgan fingerprint density at radius 3 is 2.52 bits per heavy atom. The van der Waals surface area contributed by atoms with Crippen LogP contribution in [0.15, 0.2) is 23.2 Å². The van der Waals surface area contributed by atoms with Crippen LogP contribution in [0.2, 0.25) is 0 Å². The van der Waals surface area contributed by atoms with Crippen LogP contribution < -0.4 is 20.1 Å². The number of hydrogen-bond donors (Lipinski definition) is 2. The van der Waals surface area contributed by atoms with Crippen molar-refractivity contribution in [2.75, 3.05) is 53.6 Å². The van der Waals surface area contributed by atoms with Crippen LogP contribution in [-0.2, 0) is 11.3 Å². The molecule has 1 atom stereocenters. The van der Waals surface area contributed by atoms with Gasteiger partial charge in [0.25, 0.3) is 0 Å². The Labute approximate surface area is 181 Å². The van der Waals surface area contributed by atoms with Gasteiger partial charge in [0, 0.05) is 51.4 Å². The first-order chi connectivity index (χ1) is 14.8. The van der Waals surface area contributed by atoms with Crippen LogP contribution in [0.4, 0.5) is 13.2 Å². The van der Waals surface area contributed by atoms with Crippen molar-refractivity contribution in [2.24, 2.45) is 4.99 Å². The number of methoxy groups -OCH3 is 2. The Morgan fingerprint density at radius 1 is 1.19 bits per heavy atom. The molecule has 176 valence electrons. The first kappa shape index (κ1) is 25.1. The third-order valence-electron chi connectivity index (χ3n) is 4.76. The number of benzene rings is 1. The lowest BCUT2D eigenvalue weighted by Gasteiger charge is -2.19. The van der Waals surface area contributed by atoms with Crippen molar-refractivity contribution in [1.82, 2.24) is 15.5 Å². The summed E-state index contributed by atoms with van der Waals surface area (Å²) in [5, 5.41) is 6.61. The van der Waals surface area contributed by atoms with Gasteiger partial charge in [-0.1, -0.05) is 0 Å². The van der Waals surface area contributed by atoms with Gasteiger partial charge in [0.15, 0.2) is 5.96 Å². The number of nitrogens with one attached hydrogen (secondary N) is 2. The van der Waals surface area contributed by atoms with E-state index in [0.29, 0.717) is 25.5 Å². The van der Waals surface area contributed by atoms with Gasteiger partial charge in [-0.2, -0.15) is 13.2 Å². The lowest BCUT2D eigenvalue weighted by molar-refractivity contribution is -0.173. The average Bonchev–Trinajstić information content (AvgIpc) is 3.16. The first-order valence-electron chi connectivity index (χ1n) is 10.5. The van der Waals surface area contributed by atoms with Crippen molar-refractivity contribution in [3.05, 3.63) is 23.8 Å². The minimum absolute atomic E-state index is 0.0314. The minimum atomic E-state index is -4.29. The van der Waals surface area contributed by atoms with E-state index in [1.165, 1.54) is 0 Å². The highest BCUT2D eigenvalue weighted by Crippen LogP contribution is 2.24. The van der Waals surface area contributed by atoms with E-state index < -0.39 is 12.8 Å². The molecule has 31 heavy (non-hydrogen) atoms. The normalized spacial score (nSPS) is 17.6. The largest absolute Gasteiger partial charge is 0.497 e. The molecule has 1 unspecified atom stereocenters. The summed E-state index contributed by atoms with van der Waals surface area (Å²) in [6.45, 7) is 4.48. The van der Waals surface area contributed by atoms with Crippen LogP contribution in [0.5, 0.6) is 11.5 Å². The van der Waals surface area contributed by atoms with Crippen molar-refractivity contribution in [2.45, 2.75) is 38.5 Å². The molecule has 1 saturated heterocycles. The fourth-order valence-electron chi connectivity index (χ4n) is 3.37. The summed E-state index contributed by atoms with van der Waals surface area (Å²) in [7, 11) is 3.27. The number of alkyl halides is 3. The molecule has 1 aromatic rings. The van der Waals surface area contributed by atoms with E-state index in [4.69, 9.17) is 9.47 Å². The lowest BCUT2D eigenvalue weighted by Crippen LogP contribution is -2.44. The van der Waals surface area contributed by atoms with E-state index in [1.54, 1.807) is 14.2 Å². The Balaban J connectivity index is 1.80. The second-order valence-electron chi connectivity index (χ2n) is 7.37. The molecule has 1 aliphatic rings. The number of hydrogen-bond acceptors (Lipinski definition) is 5. The van der Waals surface area contributed by atoms with Crippen molar-refractivity contribution in [3.8, 4) is 11.5 Å². The fourth-order valence-corrected chi connectivity index (χ4v) is 3.37. The van der Waals surface area contributed by atoms with E-state index >= 15 is 0 Å². The second kappa shape index (κ2) is 12.6. The molecule has 10 heteroatoms. The first-order valence-corrected chi connectivity index (χ1v) is 10.5. The zero-order valence-electron chi connectivity index (χ0n) is 18.4. The Morgan fingerprint density at radius 2 is 1.90 bits per heavy atom. The Hall–Kier alpha value is -2.20. The van der Waals surface area contributed by atoms with Gasteiger partial charge in [-0.05, 0) is 37.5 Å². The summed E-state index contributed by atoms with van der Waals surface area (Å²) in [5.74, 6) is 2.21.